The van der Waals surface area contributed by atoms with Crippen molar-refractivity contribution in [2.24, 2.45) is 0 Å². The average molecular weight is 442 g/mol. The van der Waals surface area contributed by atoms with Crippen molar-refractivity contribution in [3.8, 4) is 11.3 Å². The molecule has 0 spiro atoms. The predicted molar refractivity (Wildman–Crippen MR) is 126 cm³/mol. The number of rotatable bonds is 8. The molecule has 1 atom stereocenters. The van der Waals surface area contributed by atoms with Crippen LogP contribution in [0.2, 0.25) is 0 Å². The Morgan fingerprint density at radius 2 is 1.91 bits per heavy atom. The van der Waals surface area contributed by atoms with E-state index >= 15 is 0 Å². The van der Waals surface area contributed by atoms with Crippen molar-refractivity contribution in [2.45, 2.75) is 25.4 Å². The molecular weight excluding hydrogens is 414 g/mol. The number of nitrogens with zero attached hydrogens (tertiary/aromatic N) is 4. The maximum atomic E-state index is 13.4. The van der Waals surface area contributed by atoms with E-state index in [1.54, 1.807) is 18.7 Å². The Balaban J connectivity index is 1.39. The van der Waals surface area contributed by atoms with Crippen LogP contribution in [-0.2, 0) is 6.54 Å². The van der Waals surface area contributed by atoms with Gasteiger partial charge in [0.05, 0.1) is 24.4 Å². The maximum absolute atomic E-state index is 13.4. The van der Waals surface area contributed by atoms with Crippen molar-refractivity contribution in [3.63, 3.8) is 0 Å². The fraction of sp³-hybridized carbons (Fsp3) is 0.269. The van der Waals surface area contributed by atoms with Gasteiger partial charge in [0.15, 0.2) is 0 Å². The molecule has 7 heteroatoms. The number of likely N-dealkylation sites (tertiary alicyclic amines) is 1. The zero-order chi connectivity index (χ0) is 22.5. The first-order valence-electron chi connectivity index (χ1n) is 11.4. The quantitative estimate of drug-likeness (QED) is 0.444. The van der Waals surface area contributed by atoms with E-state index in [0.717, 1.165) is 30.0 Å². The van der Waals surface area contributed by atoms with Crippen LogP contribution in [0.5, 0.6) is 0 Å². The molecule has 0 bridgehead atoms. The number of hydrogen-bond acceptors (Lipinski definition) is 5. The van der Waals surface area contributed by atoms with Gasteiger partial charge in [-0.1, -0.05) is 30.3 Å². The summed E-state index contributed by atoms with van der Waals surface area (Å²) in [7, 11) is 0. The number of hydrogen-bond donors (Lipinski definition) is 1. The molecule has 3 aromatic heterocycles. The normalized spacial score (nSPS) is 14.9. The van der Waals surface area contributed by atoms with Gasteiger partial charge in [0, 0.05) is 30.7 Å². The molecule has 4 heterocycles. The third-order valence-electron chi connectivity index (χ3n) is 6.04. The van der Waals surface area contributed by atoms with Crippen molar-refractivity contribution in [1.82, 2.24) is 25.0 Å². The molecule has 168 valence electrons. The summed E-state index contributed by atoms with van der Waals surface area (Å²) in [6, 6.07) is 17.8. The zero-order valence-corrected chi connectivity index (χ0v) is 18.4. The highest BCUT2D eigenvalue weighted by Crippen LogP contribution is 2.26. The van der Waals surface area contributed by atoms with E-state index in [-0.39, 0.29) is 11.9 Å². The topological polar surface area (TPSA) is 76.2 Å². The van der Waals surface area contributed by atoms with Gasteiger partial charge in [-0.3, -0.25) is 19.4 Å². The summed E-state index contributed by atoms with van der Waals surface area (Å²) in [6.45, 7) is 3.08. The van der Waals surface area contributed by atoms with Crippen LogP contribution in [0, 0.1) is 0 Å². The summed E-state index contributed by atoms with van der Waals surface area (Å²) in [4.78, 5) is 19.9. The van der Waals surface area contributed by atoms with Crippen molar-refractivity contribution in [3.05, 3.63) is 96.3 Å². The number of aromatic nitrogens is 3. The smallest absolute Gasteiger partial charge is 0.255 e. The molecule has 1 fully saturated rings. The number of furan rings is 1. The molecule has 1 amide bonds. The van der Waals surface area contributed by atoms with Crippen molar-refractivity contribution >= 4 is 5.91 Å². The molecule has 7 nitrogen and oxygen atoms in total. The van der Waals surface area contributed by atoms with Crippen LogP contribution in [0.15, 0.2) is 83.9 Å². The Labute approximate surface area is 193 Å². The lowest BCUT2D eigenvalue weighted by atomic mass is 10.1. The predicted octanol–water partition coefficient (Wildman–Crippen LogP) is 4.15. The minimum atomic E-state index is -0.149. The Hall–Kier alpha value is -3.71. The summed E-state index contributed by atoms with van der Waals surface area (Å²) in [6.07, 6.45) is 9.30. The lowest BCUT2D eigenvalue weighted by molar-refractivity contribution is 0.0934. The van der Waals surface area contributed by atoms with E-state index in [1.807, 2.05) is 53.3 Å². The fourth-order valence-corrected chi connectivity index (χ4v) is 4.38. The van der Waals surface area contributed by atoms with Gasteiger partial charge in [-0.05, 0) is 55.8 Å². The monoisotopic (exact) mass is 441 g/mol. The zero-order valence-electron chi connectivity index (χ0n) is 18.4. The molecule has 1 N–H and O–H groups in total. The van der Waals surface area contributed by atoms with Crippen molar-refractivity contribution in [2.75, 3.05) is 19.6 Å². The molecule has 5 rings (SSSR count). The summed E-state index contributed by atoms with van der Waals surface area (Å²) in [5.74, 6) is 0.730. The van der Waals surface area contributed by atoms with Crippen LogP contribution in [0.3, 0.4) is 0 Å². The van der Waals surface area contributed by atoms with Gasteiger partial charge < -0.3 is 9.73 Å². The molecular formula is C26H27N5O2. The Morgan fingerprint density at radius 1 is 1.06 bits per heavy atom. The largest absolute Gasteiger partial charge is 0.468 e. The van der Waals surface area contributed by atoms with E-state index in [4.69, 9.17) is 9.52 Å². The molecule has 0 radical (unpaired) electrons. The highest BCUT2D eigenvalue weighted by Gasteiger charge is 2.27. The van der Waals surface area contributed by atoms with Crippen LogP contribution in [0.1, 0.15) is 40.6 Å². The van der Waals surface area contributed by atoms with Crippen LogP contribution in [-0.4, -0.2) is 45.2 Å². The summed E-state index contributed by atoms with van der Waals surface area (Å²) in [5, 5.41) is 7.88. The SMILES string of the molecule is O=C(NC[C@@H](c1ccco1)N1CCCC1)c1cn(Cc2ccccc2)nc1-c1cccnc1. The third kappa shape index (κ3) is 4.88. The summed E-state index contributed by atoms with van der Waals surface area (Å²) < 4.78 is 7.51. The average Bonchev–Trinajstić information content (AvgIpc) is 3.63. The minimum absolute atomic E-state index is 0.0210. The van der Waals surface area contributed by atoms with Gasteiger partial charge in [0.1, 0.15) is 11.5 Å². The lowest BCUT2D eigenvalue weighted by Crippen LogP contribution is -2.36. The van der Waals surface area contributed by atoms with Crippen molar-refractivity contribution < 1.29 is 9.21 Å². The number of pyridine rings is 1. The van der Waals surface area contributed by atoms with Crippen LogP contribution >= 0.6 is 0 Å². The molecule has 1 aliphatic heterocycles. The first-order valence-corrected chi connectivity index (χ1v) is 11.4. The second-order valence-corrected chi connectivity index (χ2v) is 8.30. The van der Waals surface area contributed by atoms with E-state index in [9.17, 15) is 4.79 Å². The molecule has 4 aromatic rings. The van der Waals surface area contributed by atoms with Gasteiger partial charge >= 0.3 is 0 Å². The highest BCUT2D eigenvalue weighted by molar-refractivity contribution is 5.99. The first kappa shape index (κ1) is 21.2. The highest BCUT2D eigenvalue weighted by atomic mass is 16.3. The molecule has 1 aliphatic rings. The molecule has 33 heavy (non-hydrogen) atoms. The van der Waals surface area contributed by atoms with Gasteiger partial charge in [0.25, 0.3) is 5.91 Å². The van der Waals surface area contributed by atoms with Crippen LogP contribution in [0.25, 0.3) is 11.3 Å². The Bertz CT molecular complexity index is 1170. The van der Waals surface area contributed by atoms with Gasteiger partial charge in [0.2, 0.25) is 0 Å². The summed E-state index contributed by atoms with van der Waals surface area (Å²) in [5.41, 5.74) is 3.11. The third-order valence-corrected chi connectivity index (χ3v) is 6.04. The number of benzene rings is 1. The first-order chi connectivity index (χ1) is 16.3. The second-order valence-electron chi connectivity index (χ2n) is 8.30. The molecule has 1 saturated heterocycles. The lowest BCUT2D eigenvalue weighted by Gasteiger charge is -2.26. The standard InChI is InChI=1S/C26H27N5O2/c32-26(28-17-23(24-11-7-15-33-24)30-13-4-5-14-30)22-19-31(18-20-8-2-1-3-9-20)29-25(22)21-10-6-12-27-16-21/h1-3,6-12,15-16,19,23H,4-5,13-14,17-18H2,(H,28,32)/t23-/m0/s1. The molecule has 0 aliphatic carbocycles. The number of carbonyl (C=O) groups is 1. The molecule has 0 unspecified atom stereocenters. The Morgan fingerprint density at radius 3 is 2.64 bits per heavy atom. The van der Waals surface area contributed by atoms with E-state index in [1.165, 1.54) is 12.8 Å². The van der Waals surface area contributed by atoms with Crippen molar-refractivity contribution in [1.29, 1.82) is 0 Å². The molecule has 1 aromatic carbocycles. The second kappa shape index (κ2) is 9.83. The van der Waals surface area contributed by atoms with Crippen LogP contribution in [0.4, 0.5) is 0 Å². The summed E-state index contributed by atoms with van der Waals surface area (Å²) >= 11 is 0. The number of carbonyl (C=O) groups excluding carboxylic acids is 1. The minimum Gasteiger partial charge on any atom is -0.468 e. The number of nitrogens with one attached hydrogen (secondary N) is 1. The van der Waals surface area contributed by atoms with Gasteiger partial charge in [-0.25, -0.2) is 0 Å². The van der Waals surface area contributed by atoms with E-state index in [2.05, 4.69) is 27.3 Å². The van der Waals surface area contributed by atoms with E-state index in [0.29, 0.717) is 24.3 Å². The fourth-order valence-electron chi connectivity index (χ4n) is 4.38. The van der Waals surface area contributed by atoms with E-state index < -0.39 is 0 Å². The maximum Gasteiger partial charge on any atom is 0.255 e. The Kier molecular flexibility index (Phi) is 6.30. The number of amides is 1. The van der Waals surface area contributed by atoms with Crippen LogP contribution < -0.4 is 5.32 Å². The molecule has 0 saturated carbocycles. The van der Waals surface area contributed by atoms with Gasteiger partial charge in [-0.15, -0.1) is 0 Å². The van der Waals surface area contributed by atoms with Gasteiger partial charge in [-0.2, -0.15) is 5.10 Å².